The van der Waals surface area contributed by atoms with E-state index in [9.17, 15) is 4.79 Å². The van der Waals surface area contributed by atoms with Crippen molar-refractivity contribution in [1.29, 1.82) is 0 Å². The van der Waals surface area contributed by atoms with Gasteiger partial charge in [-0.15, -0.1) is 0 Å². The minimum Gasteiger partial charge on any atom is -0.360 e. The summed E-state index contributed by atoms with van der Waals surface area (Å²) >= 11 is 0. The van der Waals surface area contributed by atoms with Crippen molar-refractivity contribution in [2.75, 3.05) is 26.2 Å². The maximum Gasteiger partial charge on any atom is 0.276 e. The van der Waals surface area contributed by atoms with Crippen LogP contribution in [-0.4, -0.2) is 57.0 Å². The molecule has 0 aromatic carbocycles. The predicted molar refractivity (Wildman–Crippen MR) is 85.1 cm³/mol. The first-order chi connectivity index (χ1) is 11.1. The summed E-state index contributed by atoms with van der Waals surface area (Å²) in [6, 6.07) is 1.84. The van der Waals surface area contributed by atoms with E-state index in [1.165, 1.54) is 0 Å². The van der Waals surface area contributed by atoms with E-state index in [-0.39, 0.29) is 17.9 Å². The number of hydrogen-bond donors (Lipinski definition) is 1. The molecule has 3 heterocycles. The van der Waals surface area contributed by atoms with Gasteiger partial charge in [0.25, 0.3) is 5.91 Å². The average molecular weight is 317 g/mol. The van der Waals surface area contributed by atoms with Crippen molar-refractivity contribution in [1.82, 2.24) is 24.9 Å². The van der Waals surface area contributed by atoms with Crippen LogP contribution in [0.3, 0.4) is 0 Å². The molecule has 3 rings (SSSR count). The lowest BCUT2D eigenvalue weighted by molar-refractivity contribution is 0.0471. The van der Waals surface area contributed by atoms with E-state index in [1.54, 1.807) is 12.3 Å². The zero-order valence-electron chi connectivity index (χ0n) is 13.8. The third kappa shape index (κ3) is 3.14. The van der Waals surface area contributed by atoms with Gasteiger partial charge in [0, 0.05) is 44.0 Å². The van der Waals surface area contributed by atoms with E-state index in [0.717, 1.165) is 24.7 Å². The van der Waals surface area contributed by atoms with Crippen LogP contribution in [0.4, 0.5) is 0 Å². The van der Waals surface area contributed by atoms with Crippen LogP contribution in [0.5, 0.6) is 0 Å². The van der Waals surface area contributed by atoms with E-state index in [4.69, 9.17) is 4.52 Å². The second-order valence-corrected chi connectivity index (χ2v) is 6.14. The molecule has 1 fully saturated rings. The molecule has 1 aliphatic heterocycles. The van der Waals surface area contributed by atoms with Crippen LogP contribution in [0.2, 0.25) is 0 Å². The number of rotatable bonds is 4. The van der Waals surface area contributed by atoms with Crippen molar-refractivity contribution < 1.29 is 9.32 Å². The summed E-state index contributed by atoms with van der Waals surface area (Å²) in [7, 11) is 0. The maximum absolute atomic E-state index is 12.7. The normalized spacial score (nSPS) is 19.5. The van der Waals surface area contributed by atoms with Gasteiger partial charge in [-0.05, 0) is 6.54 Å². The Balaban J connectivity index is 1.76. The molecular formula is C16H23N5O2. The number of piperazine rings is 1. The van der Waals surface area contributed by atoms with Gasteiger partial charge in [-0.25, -0.2) is 4.98 Å². The summed E-state index contributed by atoms with van der Waals surface area (Å²) in [6.45, 7) is 9.19. The number of nitrogens with one attached hydrogen (secondary N) is 1. The highest BCUT2D eigenvalue weighted by atomic mass is 16.5. The van der Waals surface area contributed by atoms with Crippen LogP contribution in [0.1, 0.15) is 54.8 Å². The lowest BCUT2D eigenvalue weighted by Gasteiger charge is -2.39. The molecule has 1 amide bonds. The Morgan fingerprint density at radius 3 is 2.91 bits per heavy atom. The number of imidazole rings is 1. The fourth-order valence-corrected chi connectivity index (χ4v) is 2.93. The number of amides is 1. The summed E-state index contributed by atoms with van der Waals surface area (Å²) in [4.78, 5) is 24.4. The summed E-state index contributed by atoms with van der Waals surface area (Å²) in [6.07, 6.45) is 3.56. The number of aromatic amines is 1. The third-order valence-electron chi connectivity index (χ3n) is 4.34. The SMILES string of the molecule is CCN1CCN(C(=O)c2cc(C(C)C)on2)C[C@H]1c1ncc[nH]1. The van der Waals surface area contributed by atoms with Gasteiger partial charge in [0.2, 0.25) is 0 Å². The van der Waals surface area contributed by atoms with E-state index in [0.29, 0.717) is 18.8 Å². The van der Waals surface area contributed by atoms with Crippen molar-refractivity contribution in [3.05, 3.63) is 35.7 Å². The third-order valence-corrected chi connectivity index (χ3v) is 4.34. The molecule has 0 saturated carbocycles. The van der Waals surface area contributed by atoms with Gasteiger partial charge in [-0.2, -0.15) is 0 Å². The van der Waals surface area contributed by atoms with E-state index < -0.39 is 0 Å². The molecule has 2 aromatic rings. The first-order valence-corrected chi connectivity index (χ1v) is 8.09. The molecule has 0 radical (unpaired) electrons. The van der Waals surface area contributed by atoms with Crippen molar-refractivity contribution in [2.24, 2.45) is 0 Å². The van der Waals surface area contributed by atoms with Gasteiger partial charge in [0.15, 0.2) is 5.69 Å². The summed E-state index contributed by atoms with van der Waals surface area (Å²) in [5.74, 6) is 1.78. The van der Waals surface area contributed by atoms with Gasteiger partial charge in [0.1, 0.15) is 11.6 Å². The molecule has 7 heteroatoms. The van der Waals surface area contributed by atoms with Crippen molar-refractivity contribution in [3.63, 3.8) is 0 Å². The molecule has 0 bridgehead atoms. The second-order valence-electron chi connectivity index (χ2n) is 6.14. The Bertz CT molecular complexity index is 649. The number of aromatic nitrogens is 3. The molecule has 0 spiro atoms. The largest absolute Gasteiger partial charge is 0.360 e. The minimum absolute atomic E-state index is 0.0760. The van der Waals surface area contributed by atoms with Crippen molar-refractivity contribution in [3.8, 4) is 0 Å². The highest BCUT2D eigenvalue weighted by Gasteiger charge is 2.32. The smallest absolute Gasteiger partial charge is 0.276 e. The predicted octanol–water partition coefficient (Wildman–Crippen LogP) is 2.04. The van der Waals surface area contributed by atoms with E-state index >= 15 is 0 Å². The summed E-state index contributed by atoms with van der Waals surface area (Å²) < 4.78 is 5.25. The molecule has 1 aliphatic rings. The first-order valence-electron chi connectivity index (χ1n) is 8.09. The lowest BCUT2D eigenvalue weighted by atomic mass is 10.1. The molecule has 1 saturated heterocycles. The number of carbonyl (C=O) groups is 1. The van der Waals surface area contributed by atoms with Gasteiger partial charge in [0.05, 0.1) is 6.04 Å². The summed E-state index contributed by atoms with van der Waals surface area (Å²) in [5.41, 5.74) is 0.386. The highest BCUT2D eigenvalue weighted by Crippen LogP contribution is 2.24. The fourth-order valence-electron chi connectivity index (χ4n) is 2.93. The zero-order valence-corrected chi connectivity index (χ0v) is 13.8. The van der Waals surface area contributed by atoms with Crippen LogP contribution in [0, 0.1) is 0 Å². The Morgan fingerprint density at radius 2 is 2.30 bits per heavy atom. The number of H-pyrrole nitrogens is 1. The van der Waals surface area contributed by atoms with E-state index in [1.807, 2.05) is 24.9 Å². The maximum atomic E-state index is 12.7. The highest BCUT2D eigenvalue weighted by molar-refractivity contribution is 5.92. The molecular weight excluding hydrogens is 294 g/mol. The molecule has 23 heavy (non-hydrogen) atoms. The molecule has 0 unspecified atom stereocenters. The van der Waals surface area contributed by atoms with Gasteiger partial charge >= 0.3 is 0 Å². The molecule has 2 aromatic heterocycles. The number of hydrogen-bond acceptors (Lipinski definition) is 5. The van der Waals surface area contributed by atoms with Gasteiger partial charge < -0.3 is 14.4 Å². The quantitative estimate of drug-likeness (QED) is 0.933. The second kappa shape index (κ2) is 6.54. The number of nitrogens with zero attached hydrogens (tertiary/aromatic N) is 4. The van der Waals surface area contributed by atoms with Crippen molar-refractivity contribution in [2.45, 2.75) is 32.7 Å². The molecule has 0 aliphatic carbocycles. The standard InChI is InChI=1S/C16H23N5O2/c1-4-20-7-8-21(10-13(20)15-17-5-6-18-15)16(22)12-9-14(11(2)3)23-19-12/h5-6,9,11,13H,4,7-8,10H2,1-3H3,(H,17,18)/t13-/m0/s1. The Morgan fingerprint density at radius 1 is 1.48 bits per heavy atom. The average Bonchev–Trinajstić information content (AvgIpc) is 3.24. The van der Waals surface area contributed by atoms with Crippen LogP contribution in [-0.2, 0) is 0 Å². The lowest BCUT2D eigenvalue weighted by Crippen LogP contribution is -2.50. The Labute approximate surface area is 135 Å². The molecule has 124 valence electrons. The number of carbonyl (C=O) groups excluding carboxylic acids is 1. The van der Waals surface area contributed by atoms with Gasteiger partial charge in [-0.1, -0.05) is 25.9 Å². The topological polar surface area (TPSA) is 78.3 Å². The monoisotopic (exact) mass is 317 g/mol. The van der Waals surface area contributed by atoms with E-state index in [2.05, 4.69) is 26.9 Å². The Hall–Kier alpha value is -2.15. The van der Waals surface area contributed by atoms with Crippen LogP contribution < -0.4 is 0 Å². The van der Waals surface area contributed by atoms with Crippen molar-refractivity contribution >= 4 is 5.91 Å². The summed E-state index contributed by atoms with van der Waals surface area (Å²) in [5, 5.41) is 3.94. The van der Waals surface area contributed by atoms with Gasteiger partial charge in [-0.3, -0.25) is 9.69 Å². The number of likely N-dealkylation sites (N-methyl/N-ethyl adjacent to an activating group) is 1. The minimum atomic E-state index is -0.0760. The first kappa shape index (κ1) is 15.7. The molecule has 1 N–H and O–H groups in total. The van der Waals surface area contributed by atoms with Crippen LogP contribution >= 0.6 is 0 Å². The molecule has 7 nitrogen and oxygen atoms in total. The van der Waals surface area contributed by atoms with Crippen LogP contribution in [0.25, 0.3) is 0 Å². The van der Waals surface area contributed by atoms with Crippen LogP contribution in [0.15, 0.2) is 23.0 Å². The fraction of sp³-hybridized carbons (Fsp3) is 0.562. The molecule has 1 atom stereocenters. The Kier molecular flexibility index (Phi) is 4.47. The zero-order chi connectivity index (χ0) is 16.4.